The molecule has 5 nitrogen and oxygen atoms in total. The standard InChI is InChI=1S/C13H23N5/c1-13(2,3)18-12-8-11(15-9-16-12)17-10-4-6-14-7-5-10/h8-10,14H,4-7H2,1-3H3,(H2,15,16,17,18). The number of hydrogen-bond acceptors (Lipinski definition) is 5. The molecule has 0 spiro atoms. The summed E-state index contributed by atoms with van der Waals surface area (Å²) in [6.07, 6.45) is 3.90. The van der Waals surface area contributed by atoms with Crippen LogP contribution in [0.5, 0.6) is 0 Å². The van der Waals surface area contributed by atoms with E-state index in [9.17, 15) is 0 Å². The van der Waals surface area contributed by atoms with Crippen LogP contribution in [-0.4, -0.2) is 34.6 Å². The summed E-state index contributed by atoms with van der Waals surface area (Å²) in [5.74, 6) is 1.78. The monoisotopic (exact) mass is 249 g/mol. The van der Waals surface area contributed by atoms with Gasteiger partial charge in [-0.15, -0.1) is 0 Å². The molecule has 0 radical (unpaired) electrons. The second kappa shape index (κ2) is 5.52. The van der Waals surface area contributed by atoms with Crippen LogP contribution in [0.2, 0.25) is 0 Å². The second-order valence-corrected chi connectivity index (χ2v) is 5.83. The third-order valence-electron chi connectivity index (χ3n) is 2.86. The first-order chi connectivity index (χ1) is 8.53. The minimum Gasteiger partial charge on any atom is -0.367 e. The molecule has 0 bridgehead atoms. The van der Waals surface area contributed by atoms with Crippen LogP contribution < -0.4 is 16.0 Å². The Kier molecular flexibility index (Phi) is 4.01. The lowest BCUT2D eigenvalue weighted by atomic mass is 10.1. The quantitative estimate of drug-likeness (QED) is 0.763. The highest BCUT2D eigenvalue weighted by atomic mass is 15.1. The van der Waals surface area contributed by atoms with Gasteiger partial charge in [0.05, 0.1) is 0 Å². The fraction of sp³-hybridized carbons (Fsp3) is 0.692. The fourth-order valence-corrected chi connectivity index (χ4v) is 2.06. The van der Waals surface area contributed by atoms with Gasteiger partial charge in [0.25, 0.3) is 0 Å². The van der Waals surface area contributed by atoms with Gasteiger partial charge in [-0.05, 0) is 46.7 Å². The summed E-state index contributed by atoms with van der Waals surface area (Å²) in [6, 6.07) is 2.50. The average Bonchev–Trinajstić information content (AvgIpc) is 2.28. The van der Waals surface area contributed by atoms with Gasteiger partial charge >= 0.3 is 0 Å². The van der Waals surface area contributed by atoms with Crippen LogP contribution in [0.15, 0.2) is 12.4 Å². The average molecular weight is 249 g/mol. The third kappa shape index (κ3) is 4.14. The Labute approximate surface area is 109 Å². The molecule has 1 saturated heterocycles. The molecule has 1 aliphatic rings. The zero-order chi connectivity index (χ0) is 13.0. The molecule has 1 aliphatic heterocycles. The highest BCUT2D eigenvalue weighted by Gasteiger charge is 2.14. The van der Waals surface area contributed by atoms with Crippen molar-refractivity contribution in [1.82, 2.24) is 15.3 Å². The maximum Gasteiger partial charge on any atom is 0.131 e. The highest BCUT2D eigenvalue weighted by molar-refractivity contribution is 5.48. The van der Waals surface area contributed by atoms with E-state index in [4.69, 9.17) is 0 Å². The highest BCUT2D eigenvalue weighted by Crippen LogP contribution is 2.16. The zero-order valence-corrected chi connectivity index (χ0v) is 11.5. The van der Waals surface area contributed by atoms with Crippen LogP contribution in [0.1, 0.15) is 33.6 Å². The van der Waals surface area contributed by atoms with Gasteiger partial charge in [-0.25, -0.2) is 9.97 Å². The number of piperidine rings is 1. The molecule has 2 heterocycles. The molecule has 0 aliphatic carbocycles. The lowest BCUT2D eigenvalue weighted by molar-refractivity contribution is 0.478. The first kappa shape index (κ1) is 13.1. The second-order valence-electron chi connectivity index (χ2n) is 5.83. The molecule has 1 aromatic heterocycles. The van der Waals surface area contributed by atoms with Gasteiger partial charge in [0.15, 0.2) is 0 Å². The van der Waals surface area contributed by atoms with E-state index in [1.54, 1.807) is 6.33 Å². The molecule has 5 heteroatoms. The number of anilines is 2. The van der Waals surface area contributed by atoms with E-state index in [1.165, 1.54) is 0 Å². The molecular weight excluding hydrogens is 226 g/mol. The van der Waals surface area contributed by atoms with E-state index < -0.39 is 0 Å². The molecule has 3 N–H and O–H groups in total. The summed E-state index contributed by atoms with van der Waals surface area (Å²) < 4.78 is 0. The van der Waals surface area contributed by atoms with E-state index >= 15 is 0 Å². The van der Waals surface area contributed by atoms with Gasteiger partial charge in [0, 0.05) is 17.6 Å². The van der Waals surface area contributed by atoms with Gasteiger partial charge in [0.2, 0.25) is 0 Å². The molecule has 0 saturated carbocycles. The van der Waals surface area contributed by atoms with E-state index in [0.717, 1.165) is 37.6 Å². The van der Waals surface area contributed by atoms with Crippen molar-refractivity contribution < 1.29 is 0 Å². The summed E-state index contributed by atoms with van der Waals surface area (Å²) in [6.45, 7) is 8.52. The molecule has 0 unspecified atom stereocenters. The largest absolute Gasteiger partial charge is 0.367 e. The minimum atomic E-state index is 0.0143. The molecule has 1 fully saturated rings. The van der Waals surface area contributed by atoms with Crippen LogP contribution in [-0.2, 0) is 0 Å². The summed E-state index contributed by atoms with van der Waals surface area (Å²) in [4.78, 5) is 8.52. The van der Waals surface area contributed by atoms with Crippen molar-refractivity contribution in [3.8, 4) is 0 Å². The summed E-state index contributed by atoms with van der Waals surface area (Å²) in [5.41, 5.74) is 0.0143. The van der Waals surface area contributed by atoms with Crippen LogP contribution in [0.3, 0.4) is 0 Å². The molecule has 0 amide bonds. The van der Waals surface area contributed by atoms with Crippen LogP contribution in [0, 0.1) is 0 Å². The van der Waals surface area contributed by atoms with Crippen molar-refractivity contribution >= 4 is 11.6 Å². The van der Waals surface area contributed by atoms with Crippen molar-refractivity contribution in [2.75, 3.05) is 23.7 Å². The van der Waals surface area contributed by atoms with E-state index in [0.29, 0.717) is 6.04 Å². The van der Waals surface area contributed by atoms with Gasteiger partial charge < -0.3 is 16.0 Å². The van der Waals surface area contributed by atoms with E-state index in [2.05, 4.69) is 46.7 Å². The summed E-state index contributed by atoms with van der Waals surface area (Å²) in [7, 11) is 0. The number of hydrogen-bond donors (Lipinski definition) is 3. The Bertz CT molecular complexity index is 379. The topological polar surface area (TPSA) is 61.9 Å². The van der Waals surface area contributed by atoms with E-state index in [1.807, 2.05) is 6.07 Å². The maximum absolute atomic E-state index is 4.28. The van der Waals surface area contributed by atoms with Crippen molar-refractivity contribution in [3.63, 3.8) is 0 Å². The first-order valence-electron chi connectivity index (χ1n) is 6.60. The molecule has 0 atom stereocenters. The number of nitrogens with zero attached hydrogens (tertiary/aromatic N) is 2. The Morgan fingerprint density at radius 2 is 1.83 bits per heavy atom. The molecule has 1 aromatic rings. The normalized spacial score (nSPS) is 17.5. The first-order valence-corrected chi connectivity index (χ1v) is 6.60. The molecule has 100 valence electrons. The van der Waals surface area contributed by atoms with Crippen molar-refractivity contribution in [3.05, 3.63) is 12.4 Å². The molecule has 18 heavy (non-hydrogen) atoms. The van der Waals surface area contributed by atoms with Crippen LogP contribution in [0.4, 0.5) is 11.6 Å². The van der Waals surface area contributed by atoms with Crippen LogP contribution in [0.25, 0.3) is 0 Å². The molecule has 0 aromatic carbocycles. The minimum absolute atomic E-state index is 0.0143. The molecule has 2 rings (SSSR count). The van der Waals surface area contributed by atoms with Crippen LogP contribution >= 0.6 is 0 Å². The molecular formula is C13H23N5. The Morgan fingerprint density at radius 3 is 2.50 bits per heavy atom. The van der Waals surface area contributed by atoms with Crippen molar-refractivity contribution in [2.24, 2.45) is 0 Å². The predicted molar refractivity (Wildman–Crippen MR) is 74.9 cm³/mol. The number of nitrogens with one attached hydrogen (secondary N) is 3. The SMILES string of the molecule is CC(C)(C)Nc1cc(NC2CCNCC2)ncn1. The zero-order valence-electron chi connectivity index (χ0n) is 11.5. The Hall–Kier alpha value is -1.36. The maximum atomic E-state index is 4.28. The van der Waals surface area contributed by atoms with E-state index in [-0.39, 0.29) is 5.54 Å². The van der Waals surface area contributed by atoms with Crippen molar-refractivity contribution in [2.45, 2.75) is 45.2 Å². The summed E-state index contributed by atoms with van der Waals surface area (Å²) in [5, 5.41) is 10.2. The fourth-order valence-electron chi connectivity index (χ4n) is 2.06. The number of rotatable bonds is 3. The lowest BCUT2D eigenvalue weighted by Crippen LogP contribution is -2.35. The third-order valence-corrected chi connectivity index (χ3v) is 2.86. The smallest absolute Gasteiger partial charge is 0.131 e. The van der Waals surface area contributed by atoms with Gasteiger partial charge in [-0.3, -0.25) is 0 Å². The Morgan fingerprint density at radius 1 is 1.17 bits per heavy atom. The number of aromatic nitrogens is 2. The predicted octanol–water partition coefficient (Wildman–Crippen LogP) is 1.85. The van der Waals surface area contributed by atoms with Gasteiger partial charge in [0.1, 0.15) is 18.0 Å². The Balaban J connectivity index is 1.98. The van der Waals surface area contributed by atoms with Gasteiger partial charge in [-0.1, -0.05) is 0 Å². The summed E-state index contributed by atoms with van der Waals surface area (Å²) >= 11 is 0. The van der Waals surface area contributed by atoms with Crippen molar-refractivity contribution in [1.29, 1.82) is 0 Å². The van der Waals surface area contributed by atoms with Gasteiger partial charge in [-0.2, -0.15) is 0 Å². The lowest BCUT2D eigenvalue weighted by Gasteiger charge is -2.25.